The van der Waals surface area contributed by atoms with E-state index in [1.54, 1.807) is 0 Å². The van der Waals surface area contributed by atoms with Gasteiger partial charge in [-0.15, -0.1) is 0 Å². The number of benzene rings is 1. The van der Waals surface area contributed by atoms with Crippen LogP contribution in [0.1, 0.15) is 0 Å². The van der Waals surface area contributed by atoms with Gasteiger partial charge in [-0.1, -0.05) is 0 Å². The van der Waals surface area contributed by atoms with Crippen molar-refractivity contribution in [2.24, 2.45) is 0 Å². The van der Waals surface area contributed by atoms with E-state index in [-0.39, 0.29) is 0 Å². The number of nitrogens with zero attached hydrogens (tertiary/aromatic N) is 4. The fourth-order valence-electron chi connectivity index (χ4n) is 2.14. The number of aromatic nitrogens is 2. The first kappa shape index (κ1) is 13.4. The van der Waals surface area contributed by atoms with E-state index in [2.05, 4.69) is 42.9 Å². The molecule has 0 radical (unpaired) electrons. The van der Waals surface area contributed by atoms with E-state index in [1.807, 2.05) is 18.2 Å². The molecule has 6 nitrogen and oxygen atoms in total. The first-order valence-electron chi connectivity index (χ1n) is 6.46. The number of hydrogen-bond acceptors (Lipinski definition) is 6. The fourth-order valence-corrected chi connectivity index (χ4v) is 2.39. The Hall–Kier alpha value is -1.60. The summed E-state index contributed by atoms with van der Waals surface area (Å²) in [4.78, 5) is 8.88. The van der Waals surface area contributed by atoms with Gasteiger partial charge in [0.25, 0.3) is 11.8 Å². The molecule has 2 heterocycles. The van der Waals surface area contributed by atoms with Gasteiger partial charge in [-0.05, 0) is 46.3 Å². The minimum atomic E-state index is 0.498. The highest BCUT2D eigenvalue weighted by atomic mass is 79.9. The van der Waals surface area contributed by atoms with E-state index in [0.29, 0.717) is 17.5 Å². The molecule has 2 aromatic rings. The molecule has 0 aliphatic carbocycles. The van der Waals surface area contributed by atoms with Gasteiger partial charge in [-0.3, -0.25) is 0 Å². The molecule has 0 spiro atoms. The fraction of sp³-hybridized carbons (Fsp3) is 0.385. The van der Waals surface area contributed by atoms with E-state index in [1.165, 1.54) is 0 Å². The van der Waals surface area contributed by atoms with Crippen molar-refractivity contribution in [2.75, 3.05) is 43.9 Å². The summed E-state index contributed by atoms with van der Waals surface area (Å²) < 4.78 is 6.20. The highest BCUT2D eigenvalue weighted by Gasteiger charge is 2.19. The molecule has 1 aromatic carbocycles. The molecular weight excluding hydrogens is 322 g/mol. The average Bonchev–Trinajstić information content (AvgIpc) is 2.92. The Kier molecular flexibility index (Phi) is 3.62. The van der Waals surface area contributed by atoms with Gasteiger partial charge in [0.2, 0.25) is 0 Å². The van der Waals surface area contributed by atoms with Crippen molar-refractivity contribution < 1.29 is 4.52 Å². The van der Waals surface area contributed by atoms with Crippen molar-refractivity contribution in [3.05, 3.63) is 22.7 Å². The molecule has 0 unspecified atom stereocenters. The minimum Gasteiger partial charge on any atom is -0.398 e. The van der Waals surface area contributed by atoms with Crippen LogP contribution >= 0.6 is 15.9 Å². The van der Waals surface area contributed by atoms with Crippen molar-refractivity contribution in [1.82, 2.24) is 15.0 Å². The number of piperazine rings is 1. The Morgan fingerprint density at radius 2 is 2.00 bits per heavy atom. The second-order valence-electron chi connectivity index (χ2n) is 4.93. The zero-order valence-electron chi connectivity index (χ0n) is 11.2. The van der Waals surface area contributed by atoms with Crippen molar-refractivity contribution >= 4 is 27.6 Å². The standard InChI is InChI=1S/C13H16BrN5O/c1-18-4-6-19(7-5-18)13-16-12(20-17-13)9-2-3-10(14)11(15)8-9/h2-3,8H,4-7,15H2,1H3. The second-order valence-corrected chi connectivity index (χ2v) is 5.78. The van der Waals surface area contributed by atoms with Crippen molar-refractivity contribution in [2.45, 2.75) is 0 Å². The normalized spacial score (nSPS) is 16.6. The zero-order valence-corrected chi connectivity index (χ0v) is 12.8. The van der Waals surface area contributed by atoms with Crippen LogP contribution in [-0.4, -0.2) is 48.3 Å². The minimum absolute atomic E-state index is 0.498. The maximum absolute atomic E-state index is 5.87. The SMILES string of the molecule is CN1CCN(c2noc(-c3ccc(Br)c(N)c3)n2)CC1. The molecule has 0 saturated carbocycles. The molecule has 1 saturated heterocycles. The van der Waals surface area contributed by atoms with E-state index in [9.17, 15) is 0 Å². The third-order valence-electron chi connectivity index (χ3n) is 3.44. The molecule has 106 valence electrons. The van der Waals surface area contributed by atoms with E-state index >= 15 is 0 Å². The molecule has 20 heavy (non-hydrogen) atoms. The lowest BCUT2D eigenvalue weighted by molar-refractivity contribution is 0.309. The lowest BCUT2D eigenvalue weighted by Crippen LogP contribution is -2.44. The van der Waals surface area contributed by atoms with Crippen LogP contribution in [0.15, 0.2) is 27.2 Å². The van der Waals surface area contributed by atoms with Crippen LogP contribution in [0.25, 0.3) is 11.5 Å². The van der Waals surface area contributed by atoms with Crippen LogP contribution in [0.4, 0.5) is 11.6 Å². The smallest absolute Gasteiger partial charge is 0.266 e. The van der Waals surface area contributed by atoms with E-state index in [4.69, 9.17) is 10.3 Å². The number of rotatable bonds is 2. The van der Waals surface area contributed by atoms with Gasteiger partial charge in [-0.2, -0.15) is 4.98 Å². The molecule has 1 aromatic heterocycles. The Balaban J connectivity index is 1.81. The van der Waals surface area contributed by atoms with Crippen LogP contribution in [0.3, 0.4) is 0 Å². The molecule has 2 N–H and O–H groups in total. The summed E-state index contributed by atoms with van der Waals surface area (Å²) in [7, 11) is 2.11. The molecule has 7 heteroatoms. The van der Waals surface area contributed by atoms with Gasteiger partial charge in [-0.25, -0.2) is 0 Å². The molecule has 1 fully saturated rings. The van der Waals surface area contributed by atoms with E-state index < -0.39 is 0 Å². The number of likely N-dealkylation sites (N-methyl/N-ethyl adjacent to an activating group) is 1. The summed E-state index contributed by atoms with van der Waals surface area (Å²) >= 11 is 3.37. The monoisotopic (exact) mass is 337 g/mol. The van der Waals surface area contributed by atoms with Crippen molar-refractivity contribution in [3.8, 4) is 11.5 Å². The molecule has 3 rings (SSSR count). The van der Waals surface area contributed by atoms with Crippen LogP contribution in [0.5, 0.6) is 0 Å². The van der Waals surface area contributed by atoms with Crippen LogP contribution in [0.2, 0.25) is 0 Å². The maximum atomic E-state index is 5.87. The summed E-state index contributed by atoms with van der Waals surface area (Å²) in [6, 6.07) is 5.61. The lowest BCUT2D eigenvalue weighted by Gasteiger charge is -2.31. The highest BCUT2D eigenvalue weighted by molar-refractivity contribution is 9.10. The van der Waals surface area contributed by atoms with Crippen LogP contribution in [0, 0.1) is 0 Å². The lowest BCUT2D eigenvalue weighted by atomic mass is 10.2. The molecule has 0 atom stereocenters. The first-order chi connectivity index (χ1) is 9.63. The quantitative estimate of drug-likeness (QED) is 0.843. The largest absolute Gasteiger partial charge is 0.398 e. The van der Waals surface area contributed by atoms with Gasteiger partial charge >= 0.3 is 0 Å². The van der Waals surface area contributed by atoms with Gasteiger partial charge in [0, 0.05) is 41.9 Å². The number of hydrogen-bond donors (Lipinski definition) is 1. The van der Waals surface area contributed by atoms with Crippen molar-refractivity contribution in [1.29, 1.82) is 0 Å². The third-order valence-corrected chi connectivity index (χ3v) is 4.17. The second kappa shape index (κ2) is 5.41. The summed E-state index contributed by atoms with van der Waals surface area (Å²) in [6.45, 7) is 3.85. The number of nitrogens with two attached hydrogens (primary N) is 1. The van der Waals surface area contributed by atoms with Gasteiger partial charge in [0.15, 0.2) is 0 Å². The number of nitrogen functional groups attached to an aromatic ring is 1. The summed E-state index contributed by atoms with van der Waals surface area (Å²) in [5.41, 5.74) is 7.36. The molecule has 0 bridgehead atoms. The number of halogens is 1. The highest BCUT2D eigenvalue weighted by Crippen LogP contribution is 2.27. The first-order valence-corrected chi connectivity index (χ1v) is 7.25. The summed E-state index contributed by atoms with van der Waals surface area (Å²) in [5.74, 6) is 1.15. The third kappa shape index (κ3) is 2.64. The van der Waals surface area contributed by atoms with Crippen LogP contribution < -0.4 is 10.6 Å². The molecule has 0 amide bonds. The van der Waals surface area contributed by atoms with Gasteiger partial charge in [0.1, 0.15) is 0 Å². The predicted octanol–water partition coefficient (Wildman–Crippen LogP) is 1.83. The zero-order chi connectivity index (χ0) is 14.1. The average molecular weight is 338 g/mol. The molecular formula is C13H16BrN5O. The maximum Gasteiger partial charge on any atom is 0.266 e. The Morgan fingerprint density at radius 1 is 1.25 bits per heavy atom. The van der Waals surface area contributed by atoms with Gasteiger partial charge in [0.05, 0.1) is 0 Å². The topological polar surface area (TPSA) is 71.4 Å². The number of anilines is 2. The van der Waals surface area contributed by atoms with Gasteiger partial charge < -0.3 is 20.1 Å². The molecule has 1 aliphatic heterocycles. The Morgan fingerprint density at radius 3 is 2.70 bits per heavy atom. The Bertz CT molecular complexity index is 607. The molecule has 1 aliphatic rings. The summed E-state index contributed by atoms with van der Waals surface area (Å²) in [5, 5.41) is 4.06. The van der Waals surface area contributed by atoms with Crippen molar-refractivity contribution in [3.63, 3.8) is 0 Å². The van der Waals surface area contributed by atoms with Crippen LogP contribution in [-0.2, 0) is 0 Å². The van der Waals surface area contributed by atoms with E-state index in [0.717, 1.165) is 36.2 Å². The summed E-state index contributed by atoms with van der Waals surface area (Å²) in [6.07, 6.45) is 0. The Labute approximate surface area is 125 Å². The predicted molar refractivity (Wildman–Crippen MR) is 81.6 cm³/mol.